The van der Waals surface area contributed by atoms with Crippen molar-refractivity contribution in [2.75, 3.05) is 16.8 Å². The van der Waals surface area contributed by atoms with Crippen molar-refractivity contribution in [3.63, 3.8) is 0 Å². The van der Waals surface area contributed by atoms with Crippen LogP contribution in [0.1, 0.15) is 30.0 Å². The molecule has 0 atom stereocenters. The molecular weight excluding hydrogens is 390 g/mol. The Kier molecular flexibility index (Phi) is 4.64. The van der Waals surface area contributed by atoms with Gasteiger partial charge in [-0.15, -0.1) is 11.8 Å². The minimum absolute atomic E-state index is 0.0373. The molecule has 1 aromatic heterocycles. The quantitative estimate of drug-likeness (QED) is 0.434. The van der Waals surface area contributed by atoms with Gasteiger partial charge in [-0.2, -0.15) is 0 Å². The Morgan fingerprint density at radius 2 is 2.00 bits per heavy atom. The first-order valence-corrected chi connectivity index (χ1v) is 11.3. The zero-order valence-electron chi connectivity index (χ0n) is 15.1. The first kappa shape index (κ1) is 17.8. The molecule has 0 saturated heterocycles. The Morgan fingerprint density at radius 1 is 1.18 bits per heavy atom. The lowest BCUT2D eigenvalue weighted by Gasteiger charge is -2.15. The van der Waals surface area contributed by atoms with E-state index in [9.17, 15) is 4.79 Å². The summed E-state index contributed by atoms with van der Waals surface area (Å²) in [6.45, 7) is 0. The summed E-state index contributed by atoms with van der Waals surface area (Å²) in [5, 5.41) is 15.5. The van der Waals surface area contributed by atoms with E-state index >= 15 is 0 Å². The number of rotatable bonds is 6. The van der Waals surface area contributed by atoms with E-state index in [0.717, 1.165) is 34.3 Å². The number of hydrogen-bond donors (Lipinski definition) is 2. The van der Waals surface area contributed by atoms with Crippen LogP contribution in [-0.2, 0) is 11.2 Å². The van der Waals surface area contributed by atoms with E-state index in [1.54, 1.807) is 11.8 Å². The van der Waals surface area contributed by atoms with Gasteiger partial charge in [0.15, 0.2) is 5.16 Å². The first-order chi connectivity index (χ1) is 13.7. The monoisotopic (exact) mass is 409 g/mol. The van der Waals surface area contributed by atoms with Crippen molar-refractivity contribution in [1.82, 2.24) is 9.97 Å². The topological polar surface area (TPSA) is 75.1 Å². The second kappa shape index (κ2) is 7.29. The molecule has 0 amide bonds. The largest absolute Gasteiger partial charge is 0.481 e. The van der Waals surface area contributed by atoms with E-state index in [2.05, 4.69) is 51.7 Å². The maximum atomic E-state index is 10.9. The third kappa shape index (κ3) is 3.44. The van der Waals surface area contributed by atoms with Crippen LogP contribution < -0.4 is 5.32 Å². The number of carbonyl (C=O) groups is 1. The molecular formula is C21H19N3O2S2. The lowest BCUT2D eigenvalue weighted by Crippen LogP contribution is -2.04. The summed E-state index contributed by atoms with van der Waals surface area (Å²) in [6.07, 6.45) is 3.44. The van der Waals surface area contributed by atoms with Gasteiger partial charge in [-0.3, -0.25) is 4.79 Å². The Hall–Kier alpha value is -2.25. The van der Waals surface area contributed by atoms with Gasteiger partial charge in [-0.25, -0.2) is 9.97 Å². The molecule has 2 aliphatic rings. The average Bonchev–Trinajstić information content (AvgIpc) is 3.43. The third-order valence-electron chi connectivity index (χ3n) is 5.05. The summed E-state index contributed by atoms with van der Waals surface area (Å²) >= 11 is 2.92. The third-order valence-corrected chi connectivity index (χ3v) is 7.01. The molecule has 5 rings (SSSR count). The minimum atomic E-state index is -0.861. The summed E-state index contributed by atoms with van der Waals surface area (Å²) < 4.78 is 0. The van der Waals surface area contributed by atoms with Crippen molar-refractivity contribution in [3.8, 4) is 0 Å². The van der Waals surface area contributed by atoms with Gasteiger partial charge in [-0.05, 0) is 35.8 Å². The second-order valence-electron chi connectivity index (χ2n) is 7.06. The summed E-state index contributed by atoms with van der Waals surface area (Å²) in [6, 6.07) is 12.9. The number of carboxylic acids is 1. The summed E-state index contributed by atoms with van der Waals surface area (Å²) in [4.78, 5) is 21.2. The highest BCUT2D eigenvalue weighted by molar-refractivity contribution is 8.00. The van der Waals surface area contributed by atoms with Crippen molar-refractivity contribution in [3.05, 3.63) is 47.7 Å². The van der Waals surface area contributed by atoms with E-state index in [1.165, 1.54) is 40.9 Å². The van der Waals surface area contributed by atoms with E-state index in [-0.39, 0.29) is 5.75 Å². The fourth-order valence-electron chi connectivity index (χ4n) is 3.63. The normalized spacial score (nSPS) is 15.6. The molecule has 1 saturated carbocycles. The van der Waals surface area contributed by atoms with Gasteiger partial charge in [0.1, 0.15) is 5.82 Å². The molecule has 2 aromatic carbocycles. The predicted molar refractivity (Wildman–Crippen MR) is 114 cm³/mol. The SMILES string of the molecule is O=C(O)CSc1nc2c(c(Nc3ccc(C4CC4)c4ccccc34)n1)SCC2. The highest BCUT2D eigenvalue weighted by atomic mass is 32.2. The second-order valence-corrected chi connectivity index (χ2v) is 9.11. The maximum absolute atomic E-state index is 10.9. The van der Waals surface area contributed by atoms with Gasteiger partial charge in [0.25, 0.3) is 0 Å². The molecule has 0 spiro atoms. The van der Waals surface area contributed by atoms with E-state index < -0.39 is 5.97 Å². The summed E-state index contributed by atoms with van der Waals surface area (Å²) in [5.74, 6) is 1.55. The highest BCUT2D eigenvalue weighted by Gasteiger charge is 2.26. The average molecular weight is 410 g/mol. The number of thioether (sulfide) groups is 2. The number of carboxylic acid groups (broad SMARTS) is 1. The number of aliphatic carboxylic acids is 1. The number of anilines is 2. The number of benzene rings is 2. The van der Waals surface area contributed by atoms with Crippen LogP contribution >= 0.6 is 23.5 Å². The predicted octanol–water partition coefficient (Wildman–Crippen LogP) is 5.08. The molecule has 0 radical (unpaired) electrons. The molecule has 0 unspecified atom stereocenters. The van der Waals surface area contributed by atoms with E-state index in [4.69, 9.17) is 5.11 Å². The number of nitrogens with zero attached hydrogens (tertiary/aromatic N) is 2. The van der Waals surface area contributed by atoms with Gasteiger partial charge < -0.3 is 10.4 Å². The molecule has 1 aliphatic heterocycles. The standard InChI is InChI=1S/C21H19N3O2S2/c25-18(26)11-28-21-23-17-9-10-27-19(17)20(24-21)22-16-8-7-13(12-5-6-12)14-3-1-2-4-15(14)16/h1-4,7-8,12H,5-6,9-11H2,(H,25,26)(H,22,23,24). The molecule has 3 aromatic rings. The number of aryl methyl sites for hydroxylation is 1. The Bertz CT molecular complexity index is 1080. The molecule has 2 N–H and O–H groups in total. The maximum Gasteiger partial charge on any atom is 0.313 e. The van der Waals surface area contributed by atoms with Crippen LogP contribution in [0, 0.1) is 0 Å². The van der Waals surface area contributed by atoms with Gasteiger partial charge >= 0.3 is 5.97 Å². The van der Waals surface area contributed by atoms with E-state index in [1.807, 2.05) is 0 Å². The van der Waals surface area contributed by atoms with Crippen LogP contribution in [0.3, 0.4) is 0 Å². The molecule has 2 heterocycles. The van der Waals surface area contributed by atoms with Crippen LogP contribution in [0.2, 0.25) is 0 Å². The molecule has 1 aliphatic carbocycles. The smallest absolute Gasteiger partial charge is 0.313 e. The van der Waals surface area contributed by atoms with Crippen LogP contribution in [-0.4, -0.2) is 32.5 Å². The lowest BCUT2D eigenvalue weighted by molar-refractivity contribution is -0.133. The fourth-order valence-corrected chi connectivity index (χ4v) is 5.26. The Labute approximate surface area is 171 Å². The van der Waals surface area contributed by atoms with Gasteiger partial charge in [0.05, 0.1) is 16.3 Å². The number of aromatic nitrogens is 2. The van der Waals surface area contributed by atoms with Crippen LogP contribution in [0.5, 0.6) is 0 Å². The highest BCUT2D eigenvalue weighted by Crippen LogP contribution is 2.45. The van der Waals surface area contributed by atoms with Gasteiger partial charge in [0.2, 0.25) is 0 Å². The zero-order chi connectivity index (χ0) is 19.1. The number of nitrogens with one attached hydrogen (secondary N) is 1. The van der Waals surface area contributed by atoms with Crippen LogP contribution in [0.25, 0.3) is 10.8 Å². The van der Waals surface area contributed by atoms with E-state index in [0.29, 0.717) is 11.1 Å². The van der Waals surface area contributed by atoms with Crippen molar-refractivity contribution in [2.24, 2.45) is 0 Å². The molecule has 1 fully saturated rings. The van der Waals surface area contributed by atoms with Gasteiger partial charge in [0, 0.05) is 23.2 Å². The summed E-state index contributed by atoms with van der Waals surface area (Å²) in [7, 11) is 0. The minimum Gasteiger partial charge on any atom is -0.481 e. The Balaban J connectivity index is 1.54. The van der Waals surface area contributed by atoms with Crippen LogP contribution in [0.15, 0.2) is 46.5 Å². The van der Waals surface area contributed by atoms with Crippen molar-refractivity contribution in [2.45, 2.75) is 35.2 Å². The summed E-state index contributed by atoms with van der Waals surface area (Å²) in [5.41, 5.74) is 3.47. The lowest BCUT2D eigenvalue weighted by atomic mass is 9.99. The molecule has 28 heavy (non-hydrogen) atoms. The molecule has 5 nitrogen and oxygen atoms in total. The first-order valence-electron chi connectivity index (χ1n) is 9.36. The van der Waals surface area contributed by atoms with Crippen molar-refractivity contribution < 1.29 is 9.90 Å². The van der Waals surface area contributed by atoms with Crippen molar-refractivity contribution in [1.29, 1.82) is 0 Å². The van der Waals surface area contributed by atoms with Crippen LogP contribution in [0.4, 0.5) is 11.5 Å². The fraction of sp³-hybridized carbons (Fsp3) is 0.286. The molecule has 0 bridgehead atoms. The van der Waals surface area contributed by atoms with Gasteiger partial charge in [-0.1, -0.05) is 42.1 Å². The number of hydrogen-bond acceptors (Lipinski definition) is 6. The Morgan fingerprint density at radius 3 is 2.79 bits per heavy atom. The zero-order valence-corrected chi connectivity index (χ0v) is 16.8. The molecule has 7 heteroatoms. The molecule has 142 valence electrons. The number of fused-ring (bicyclic) bond motifs is 2. The van der Waals surface area contributed by atoms with Crippen molar-refractivity contribution >= 4 is 51.8 Å².